The van der Waals surface area contributed by atoms with Gasteiger partial charge in [0.2, 0.25) is 0 Å². The van der Waals surface area contributed by atoms with E-state index in [9.17, 15) is 9.59 Å². The van der Waals surface area contributed by atoms with Crippen LogP contribution in [0, 0.1) is 10.8 Å². The first-order valence-electron chi connectivity index (χ1n) is 11.6. The van der Waals surface area contributed by atoms with E-state index in [1.54, 1.807) is 0 Å². The average molecular weight is 533 g/mol. The molecule has 4 rings (SSSR count). The van der Waals surface area contributed by atoms with Crippen molar-refractivity contribution in [2.24, 2.45) is 10.8 Å². The minimum absolute atomic E-state index is 0.342. The fraction of sp³-hybridized carbons (Fsp3) is 0.267. The third-order valence-electron chi connectivity index (χ3n) is 5.71. The van der Waals surface area contributed by atoms with E-state index in [1.165, 1.54) is 0 Å². The number of fused-ring (bicyclic) bond motifs is 2. The monoisotopic (exact) mass is 532 g/mol. The maximum absolute atomic E-state index is 13.0. The molecule has 0 saturated carbocycles. The first kappa shape index (κ1) is 24.9. The lowest BCUT2D eigenvalue weighted by molar-refractivity contribution is -0.143. The summed E-state index contributed by atoms with van der Waals surface area (Å²) in [7, 11) is 0. The second kappa shape index (κ2) is 9.12. The van der Waals surface area contributed by atoms with Crippen LogP contribution in [0.2, 0.25) is 0 Å². The van der Waals surface area contributed by atoms with Crippen LogP contribution in [-0.2, 0) is 9.59 Å². The zero-order chi connectivity index (χ0) is 25.5. The van der Waals surface area contributed by atoms with Gasteiger partial charge in [0.15, 0.2) is 0 Å². The van der Waals surface area contributed by atoms with Crippen LogP contribution in [0.25, 0.3) is 32.7 Å². The smallest absolute Gasteiger partial charge is 0.316 e. The average Bonchev–Trinajstić information content (AvgIpc) is 2.78. The molecule has 0 aliphatic rings. The Balaban J connectivity index is 2.08. The fourth-order valence-corrected chi connectivity index (χ4v) is 4.10. The van der Waals surface area contributed by atoms with Crippen LogP contribution in [0.3, 0.4) is 0 Å². The van der Waals surface area contributed by atoms with Gasteiger partial charge in [-0.15, -0.1) is 0 Å². The second-order valence-corrected chi connectivity index (χ2v) is 11.7. The molecular formula is C30H29BrO4. The molecule has 0 bridgehead atoms. The highest BCUT2D eigenvalue weighted by Gasteiger charge is 2.29. The van der Waals surface area contributed by atoms with Crippen LogP contribution in [0.5, 0.6) is 11.5 Å². The summed E-state index contributed by atoms with van der Waals surface area (Å²) in [4.78, 5) is 25.9. The Morgan fingerprint density at radius 3 is 1.66 bits per heavy atom. The maximum atomic E-state index is 13.0. The molecule has 0 spiro atoms. The van der Waals surface area contributed by atoms with E-state index in [2.05, 4.69) is 15.9 Å². The topological polar surface area (TPSA) is 52.6 Å². The van der Waals surface area contributed by atoms with Gasteiger partial charge in [0, 0.05) is 15.6 Å². The van der Waals surface area contributed by atoms with Gasteiger partial charge in [-0.2, -0.15) is 0 Å². The number of esters is 2. The second-order valence-electron chi connectivity index (χ2n) is 10.7. The van der Waals surface area contributed by atoms with Gasteiger partial charge in [0.1, 0.15) is 11.5 Å². The van der Waals surface area contributed by atoms with Crippen LogP contribution in [0.1, 0.15) is 41.5 Å². The lowest BCUT2D eigenvalue weighted by atomic mass is 9.91. The molecule has 4 aromatic carbocycles. The predicted octanol–water partition coefficient (Wildman–Crippen LogP) is 8.33. The molecule has 35 heavy (non-hydrogen) atoms. The molecule has 0 atom stereocenters. The minimum Gasteiger partial charge on any atom is -0.425 e. The van der Waals surface area contributed by atoms with E-state index < -0.39 is 10.8 Å². The van der Waals surface area contributed by atoms with Gasteiger partial charge in [-0.05, 0) is 87.4 Å². The third kappa shape index (κ3) is 5.10. The molecule has 5 heteroatoms. The Morgan fingerprint density at radius 2 is 1.11 bits per heavy atom. The molecule has 4 aromatic rings. The van der Waals surface area contributed by atoms with Crippen molar-refractivity contribution in [3.63, 3.8) is 0 Å². The van der Waals surface area contributed by atoms with Crippen LogP contribution in [0.4, 0.5) is 0 Å². The van der Waals surface area contributed by atoms with Crippen molar-refractivity contribution >= 4 is 49.4 Å². The standard InChI is InChI=1S/C30H29BrO4/c1-29(2,3)27(32)34-23-15-11-18-9-7-8-10-21(18)25(23)26-22-14-13-20(31)17-19(22)12-16-24(26)35-28(33)30(4,5)6/h7-17H,1-6H3. The van der Waals surface area contributed by atoms with Gasteiger partial charge in [0.05, 0.1) is 10.8 Å². The molecular weight excluding hydrogens is 504 g/mol. The van der Waals surface area contributed by atoms with Gasteiger partial charge in [-0.3, -0.25) is 9.59 Å². The van der Waals surface area contributed by atoms with Gasteiger partial charge in [0.25, 0.3) is 0 Å². The summed E-state index contributed by atoms with van der Waals surface area (Å²) in [5.41, 5.74) is 0.0479. The summed E-state index contributed by atoms with van der Waals surface area (Å²) in [5.74, 6) is 0.158. The molecule has 0 aliphatic carbocycles. The van der Waals surface area contributed by atoms with Crippen molar-refractivity contribution in [2.45, 2.75) is 41.5 Å². The molecule has 0 saturated heterocycles. The summed E-state index contributed by atoms with van der Waals surface area (Å²) < 4.78 is 12.9. The normalized spacial score (nSPS) is 12.1. The van der Waals surface area contributed by atoms with Crippen LogP contribution in [-0.4, -0.2) is 11.9 Å². The zero-order valence-electron chi connectivity index (χ0n) is 20.9. The van der Waals surface area contributed by atoms with Crippen molar-refractivity contribution < 1.29 is 19.1 Å². The number of halogens is 1. The summed E-state index contributed by atoms with van der Waals surface area (Å²) in [5, 5.41) is 3.73. The summed E-state index contributed by atoms with van der Waals surface area (Å²) >= 11 is 3.55. The van der Waals surface area contributed by atoms with E-state index >= 15 is 0 Å². The molecule has 0 radical (unpaired) electrons. The number of hydrogen-bond acceptors (Lipinski definition) is 4. The number of rotatable bonds is 3. The SMILES string of the molecule is CC(C)(C)C(=O)Oc1ccc2ccccc2c1-c1c(OC(=O)C(C)(C)C)ccc2cc(Br)ccc12. The van der Waals surface area contributed by atoms with E-state index in [0.29, 0.717) is 22.6 Å². The number of carbonyl (C=O) groups excluding carboxylic acids is 2. The molecule has 0 N–H and O–H groups in total. The third-order valence-corrected chi connectivity index (χ3v) is 6.21. The minimum atomic E-state index is -0.688. The van der Waals surface area contributed by atoms with Gasteiger partial charge in [-0.1, -0.05) is 58.4 Å². The number of carbonyl (C=O) groups is 2. The Kier molecular flexibility index (Phi) is 6.50. The molecule has 0 unspecified atom stereocenters. The first-order chi connectivity index (χ1) is 16.4. The van der Waals surface area contributed by atoms with Crippen molar-refractivity contribution in [3.05, 3.63) is 71.2 Å². The predicted molar refractivity (Wildman–Crippen MR) is 145 cm³/mol. The molecule has 0 amide bonds. The zero-order valence-corrected chi connectivity index (χ0v) is 22.4. The molecule has 0 heterocycles. The Bertz CT molecular complexity index is 1460. The fourth-order valence-electron chi connectivity index (χ4n) is 3.72. The van der Waals surface area contributed by atoms with Crippen molar-refractivity contribution in [3.8, 4) is 22.6 Å². The van der Waals surface area contributed by atoms with Crippen molar-refractivity contribution in [2.75, 3.05) is 0 Å². The summed E-state index contributed by atoms with van der Waals surface area (Å²) in [6, 6.07) is 21.4. The Morgan fingerprint density at radius 1 is 0.629 bits per heavy atom. The highest BCUT2D eigenvalue weighted by molar-refractivity contribution is 9.10. The highest BCUT2D eigenvalue weighted by atomic mass is 79.9. The first-order valence-corrected chi connectivity index (χ1v) is 12.3. The summed E-state index contributed by atoms with van der Waals surface area (Å²) in [6.45, 7) is 10.9. The molecule has 0 aromatic heterocycles. The number of hydrogen-bond donors (Lipinski definition) is 0. The Labute approximate surface area is 214 Å². The van der Waals surface area contributed by atoms with Crippen molar-refractivity contribution in [1.82, 2.24) is 0 Å². The van der Waals surface area contributed by atoms with Crippen LogP contribution in [0.15, 0.2) is 71.2 Å². The van der Waals surface area contributed by atoms with E-state index in [4.69, 9.17) is 9.47 Å². The molecule has 180 valence electrons. The maximum Gasteiger partial charge on any atom is 0.316 e. The quantitative estimate of drug-likeness (QED) is 0.196. The van der Waals surface area contributed by atoms with Gasteiger partial charge >= 0.3 is 11.9 Å². The Hall–Kier alpha value is -3.18. The molecule has 4 nitrogen and oxygen atoms in total. The van der Waals surface area contributed by atoms with E-state index in [0.717, 1.165) is 26.0 Å². The van der Waals surface area contributed by atoms with Crippen molar-refractivity contribution in [1.29, 1.82) is 0 Å². The van der Waals surface area contributed by atoms with E-state index in [-0.39, 0.29) is 11.9 Å². The number of ether oxygens (including phenoxy) is 2. The van der Waals surface area contributed by atoms with Crippen LogP contribution < -0.4 is 9.47 Å². The van der Waals surface area contributed by atoms with Gasteiger partial charge in [-0.25, -0.2) is 0 Å². The van der Waals surface area contributed by atoms with E-state index in [1.807, 2.05) is 108 Å². The number of benzene rings is 4. The molecule has 0 fully saturated rings. The lowest BCUT2D eigenvalue weighted by Crippen LogP contribution is -2.26. The lowest BCUT2D eigenvalue weighted by Gasteiger charge is -2.23. The largest absolute Gasteiger partial charge is 0.425 e. The highest BCUT2D eigenvalue weighted by Crippen LogP contribution is 2.46. The molecule has 0 aliphatic heterocycles. The van der Waals surface area contributed by atoms with Gasteiger partial charge < -0.3 is 9.47 Å². The van der Waals surface area contributed by atoms with Crippen LogP contribution >= 0.6 is 15.9 Å². The summed E-state index contributed by atoms with van der Waals surface area (Å²) in [6.07, 6.45) is 0.